The SMILES string of the molecule is C=C(C)c1cn[nH]c1CN. The van der Waals surface area contributed by atoms with Crippen LogP contribution in [0.5, 0.6) is 0 Å². The van der Waals surface area contributed by atoms with Crippen LogP contribution in [-0.2, 0) is 6.54 Å². The highest BCUT2D eigenvalue weighted by Gasteiger charge is 2.01. The highest BCUT2D eigenvalue weighted by Crippen LogP contribution is 2.12. The largest absolute Gasteiger partial charge is 0.325 e. The van der Waals surface area contributed by atoms with E-state index in [9.17, 15) is 0 Å². The Morgan fingerprint density at radius 2 is 2.60 bits per heavy atom. The second-order valence-corrected chi connectivity index (χ2v) is 2.25. The standard InChI is InChI=1S/C7H11N3/c1-5(2)6-4-9-10-7(6)3-8/h4H,1,3,8H2,2H3,(H,9,10). The average molecular weight is 137 g/mol. The third-order valence-corrected chi connectivity index (χ3v) is 1.38. The zero-order valence-electron chi connectivity index (χ0n) is 6.02. The summed E-state index contributed by atoms with van der Waals surface area (Å²) >= 11 is 0. The summed E-state index contributed by atoms with van der Waals surface area (Å²) in [5, 5.41) is 6.65. The van der Waals surface area contributed by atoms with E-state index in [4.69, 9.17) is 5.73 Å². The van der Waals surface area contributed by atoms with Crippen LogP contribution in [0, 0.1) is 0 Å². The maximum absolute atomic E-state index is 5.42. The van der Waals surface area contributed by atoms with E-state index >= 15 is 0 Å². The molecule has 0 aliphatic heterocycles. The lowest BCUT2D eigenvalue weighted by molar-refractivity contribution is 0.945. The zero-order chi connectivity index (χ0) is 7.56. The van der Waals surface area contributed by atoms with Gasteiger partial charge >= 0.3 is 0 Å². The molecule has 0 atom stereocenters. The topological polar surface area (TPSA) is 54.7 Å². The summed E-state index contributed by atoms with van der Waals surface area (Å²) in [6.07, 6.45) is 1.74. The molecule has 10 heavy (non-hydrogen) atoms. The third-order valence-electron chi connectivity index (χ3n) is 1.38. The Balaban J connectivity index is 3.01. The summed E-state index contributed by atoms with van der Waals surface area (Å²) in [5.74, 6) is 0. The van der Waals surface area contributed by atoms with Crippen LogP contribution in [0.1, 0.15) is 18.2 Å². The molecule has 0 amide bonds. The number of aromatic amines is 1. The summed E-state index contributed by atoms with van der Waals surface area (Å²) in [5.41, 5.74) is 8.40. The molecule has 1 rings (SSSR count). The average Bonchev–Trinajstić information content (AvgIpc) is 2.33. The number of H-pyrrole nitrogens is 1. The van der Waals surface area contributed by atoms with Crippen LogP contribution in [0.25, 0.3) is 5.57 Å². The molecule has 3 nitrogen and oxygen atoms in total. The molecule has 3 heteroatoms. The van der Waals surface area contributed by atoms with Crippen molar-refractivity contribution >= 4 is 5.57 Å². The molecule has 0 aromatic carbocycles. The molecule has 0 unspecified atom stereocenters. The second-order valence-electron chi connectivity index (χ2n) is 2.25. The molecule has 54 valence electrons. The number of nitrogens with zero attached hydrogens (tertiary/aromatic N) is 1. The van der Waals surface area contributed by atoms with Gasteiger partial charge in [-0.25, -0.2) is 0 Å². The minimum atomic E-state index is 0.488. The Bertz CT molecular complexity index is 237. The molecule has 0 spiro atoms. The number of rotatable bonds is 2. The van der Waals surface area contributed by atoms with Crippen molar-refractivity contribution in [1.29, 1.82) is 0 Å². The van der Waals surface area contributed by atoms with Gasteiger partial charge in [0.15, 0.2) is 0 Å². The fourth-order valence-corrected chi connectivity index (χ4v) is 0.836. The van der Waals surface area contributed by atoms with E-state index in [0.29, 0.717) is 6.54 Å². The number of aromatic nitrogens is 2. The molecular formula is C7H11N3. The first kappa shape index (κ1) is 7.02. The number of allylic oxidation sites excluding steroid dienone is 1. The second kappa shape index (κ2) is 2.66. The molecule has 0 fully saturated rings. The molecular weight excluding hydrogens is 126 g/mol. The van der Waals surface area contributed by atoms with E-state index in [1.807, 2.05) is 6.92 Å². The molecule has 0 saturated carbocycles. The van der Waals surface area contributed by atoms with Gasteiger partial charge < -0.3 is 5.73 Å². The van der Waals surface area contributed by atoms with Gasteiger partial charge in [-0.3, -0.25) is 5.10 Å². The van der Waals surface area contributed by atoms with E-state index in [1.165, 1.54) is 0 Å². The number of nitrogens with two attached hydrogens (primary N) is 1. The molecule has 3 N–H and O–H groups in total. The van der Waals surface area contributed by atoms with Crippen molar-refractivity contribution in [1.82, 2.24) is 10.2 Å². The van der Waals surface area contributed by atoms with Crippen molar-refractivity contribution in [2.75, 3.05) is 0 Å². The van der Waals surface area contributed by atoms with Crippen molar-refractivity contribution in [2.45, 2.75) is 13.5 Å². The lowest BCUT2D eigenvalue weighted by Crippen LogP contribution is -1.99. The van der Waals surface area contributed by atoms with Crippen LogP contribution < -0.4 is 5.73 Å². The lowest BCUT2D eigenvalue weighted by Gasteiger charge is -1.96. The molecule has 1 aromatic heterocycles. The van der Waals surface area contributed by atoms with E-state index in [0.717, 1.165) is 16.8 Å². The van der Waals surface area contributed by atoms with Gasteiger partial charge in [-0.15, -0.1) is 0 Å². The molecule has 0 bridgehead atoms. The number of nitrogens with one attached hydrogen (secondary N) is 1. The van der Waals surface area contributed by atoms with Crippen molar-refractivity contribution < 1.29 is 0 Å². The van der Waals surface area contributed by atoms with Crippen molar-refractivity contribution in [2.24, 2.45) is 5.73 Å². The molecule has 0 saturated heterocycles. The maximum atomic E-state index is 5.42. The minimum Gasteiger partial charge on any atom is -0.325 e. The molecule has 1 aromatic rings. The van der Waals surface area contributed by atoms with Crippen LogP contribution in [0.3, 0.4) is 0 Å². The predicted molar refractivity (Wildman–Crippen MR) is 41.2 cm³/mol. The number of hydrogen-bond acceptors (Lipinski definition) is 2. The smallest absolute Gasteiger partial charge is 0.0565 e. The zero-order valence-corrected chi connectivity index (χ0v) is 6.02. The van der Waals surface area contributed by atoms with Gasteiger partial charge in [0, 0.05) is 12.1 Å². The van der Waals surface area contributed by atoms with Crippen molar-refractivity contribution in [3.05, 3.63) is 24.0 Å². The van der Waals surface area contributed by atoms with Gasteiger partial charge in [-0.05, 0) is 12.5 Å². The fourth-order valence-electron chi connectivity index (χ4n) is 0.836. The highest BCUT2D eigenvalue weighted by atomic mass is 15.1. The molecule has 1 heterocycles. The first-order valence-corrected chi connectivity index (χ1v) is 3.14. The van der Waals surface area contributed by atoms with Crippen LogP contribution in [0.4, 0.5) is 0 Å². The Morgan fingerprint density at radius 3 is 3.00 bits per heavy atom. The van der Waals surface area contributed by atoms with Crippen LogP contribution in [-0.4, -0.2) is 10.2 Å². The van der Waals surface area contributed by atoms with Gasteiger partial charge in [0.2, 0.25) is 0 Å². The van der Waals surface area contributed by atoms with Crippen LogP contribution in [0.2, 0.25) is 0 Å². The van der Waals surface area contributed by atoms with Gasteiger partial charge in [0.05, 0.1) is 11.9 Å². The van der Waals surface area contributed by atoms with Crippen molar-refractivity contribution in [3.63, 3.8) is 0 Å². The summed E-state index contributed by atoms with van der Waals surface area (Å²) < 4.78 is 0. The normalized spacial score (nSPS) is 9.80. The summed E-state index contributed by atoms with van der Waals surface area (Å²) in [4.78, 5) is 0. The summed E-state index contributed by atoms with van der Waals surface area (Å²) in [7, 11) is 0. The maximum Gasteiger partial charge on any atom is 0.0565 e. The van der Waals surface area contributed by atoms with Crippen LogP contribution in [0.15, 0.2) is 12.8 Å². The third kappa shape index (κ3) is 1.09. The van der Waals surface area contributed by atoms with E-state index in [-0.39, 0.29) is 0 Å². The molecule has 0 radical (unpaired) electrons. The van der Waals surface area contributed by atoms with Gasteiger partial charge in [0.25, 0.3) is 0 Å². The van der Waals surface area contributed by atoms with E-state index in [2.05, 4.69) is 16.8 Å². The van der Waals surface area contributed by atoms with E-state index in [1.54, 1.807) is 6.20 Å². The van der Waals surface area contributed by atoms with Gasteiger partial charge in [0.1, 0.15) is 0 Å². The Morgan fingerprint density at radius 1 is 1.90 bits per heavy atom. The lowest BCUT2D eigenvalue weighted by atomic mass is 10.1. The van der Waals surface area contributed by atoms with Crippen LogP contribution >= 0.6 is 0 Å². The van der Waals surface area contributed by atoms with Gasteiger partial charge in [-0.1, -0.05) is 6.58 Å². The fraction of sp³-hybridized carbons (Fsp3) is 0.286. The first-order chi connectivity index (χ1) is 4.75. The quantitative estimate of drug-likeness (QED) is 0.636. The first-order valence-electron chi connectivity index (χ1n) is 3.14. The molecule has 0 aliphatic rings. The monoisotopic (exact) mass is 137 g/mol. The van der Waals surface area contributed by atoms with Gasteiger partial charge in [-0.2, -0.15) is 5.10 Å². The Hall–Kier alpha value is -1.09. The number of hydrogen-bond donors (Lipinski definition) is 2. The minimum absolute atomic E-state index is 0.488. The summed E-state index contributed by atoms with van der Waals surface area (Å²) in [6, 6.07) is 0. The Labute approximate surface area is 59.9 Å². The Kier molecular flexibility index (Phi) is 1.87. The predicted octanol–water partition coefficient (Wildman–Crippen LogP) is 0.902. The van der Waals surface area contributed by atoms with E-state index < -0.39 is 0 Å². The summed E-state index contributed by atoms with van der Waals surface area (Å²) in [6.45, 7) is 6.21. The molecule has 0 aliphatic carbocycles. The highest BCUT2D eigenvalue weighted by molar-refractivity contribution is 5.62. The van der Waals surface area contributed by atoms with Crippen molar-refractivity contribution in [3.8, 4) is 0 Å².